The summed E-state index contributed by atoms with van der Waals surface area (Å²) in [5, 5.41) is 3.66. The van der Waals surface area contributed by atoms with E-state index in [1.165, 1.54) is 64.2 Å². The molecule has 0 amide bonds. The number of rotatable bonds is 7. The van der Waals surface area contributed by atoms with Gasteiger partial charge in [0.1, 0.15) is 0 Å². The van der Waals surface area contributed by atoms with Crippen molar-refractivity contribution in [3.63, 3.8) is 0 Å². The summed E-state index contributed by atoms with van der Waals surface area (Å²) in [6.45, 7) is 5.68. The van der Waals surface area contributed by atoms with E-state index in [9.17, 15) is 0 Å². The highest BCUT2D eigenvalue weighted by Crippen LogP contribution is 2.27. The van der Waals surface area contributed by atoms with Gasteiger partial charge >= 0.3 is 0 Å². The summed E-state index contributed by atoms with van der Waals surface area (Å²) in [6.07, 6.45) is 14.5. The van der Waals surface area contributed by atoms with Gasteiger partial charge in [-0.05, 0) is 25.3 Å². The molecule has 1 aliphatic rings. The quantitative estimate of drug-likeness (QED) is 0.496. The zero-order valence-electron chi connectivity index (χ0n) is 11.4. The Morgan fingerprint density at radius 2 is 1.81 bits per heavy atom. The van der Waals surface area contributed by atoms with E-state index in [-0.39, 0.29) is 0 Å². The van der Waals surface area contributed by atoms with E-state index in [0.717, 1.165) is 18.5 Å². The van der Waals surface area contributed by atoms with Gasteiger partial charge in [-0.1, -0.05) is 65.2 Å². The molecule has 0 saturated heterocycles. The molecule has 16 heavy (non-hydrogen) atoms. The summed E-state index contributed by atoms with van der Waals surface area (Å²) in [7, 11) is 0. The Morgan fingerprint density at radius 1 is 1.00 bits per heavy atom. The first-order valence-corrected chi connectivity index (χ1v) is 7.60. The summed E-state index contributed by atoms with van der Waals surface area (Å²) in [6, 6.07) is 0.823. The fourth-order valence-electron chi connectivity index (χ4n) is 3.06. The molecule has 1 nitrogen and oxygen atoms in total. The van der Waals surface area contributed by atoms with Crippen LogP contribution in [-0.4, -0.2) is 12.6 Å². The Bertz CT molecular complexity index is 156. The maximum atomic E-state index is 3.66. The predicted molar refractivity (Wildman–Crippen MR) is 72.8 cm³/mol. The zero-order valence-corrected chi connectivity index (χ0v) is 11.4. The zero-order chi connectivity index (χ0) is 11.6. The topological polar surface area (TPSA) is 12.0 Å². The summed E-state index contributed by atoms with van der Waals surface area (Å²) in [4.78, 5) is 0. The van der Waals surface area contributed by atoms with Gasteiger partial charge in [0, 0.05) is 6.04 Å². The molecule has 0 aromatic rings. The van der Waals surface area contributed by atoms with Crippen LogP contribution < -0.4 is 5.32 Å². The Morgan fingerprint density at radius 3 is 2.56 bits per heavy atom. The summed E-state index contributed by atoms with van der Waals surface area (Å²) < 4.78 is 0. The smallest absolute Gasteiger partial charge is 0.00695 e. The summed E-state index contributed by atoms with van der Waals surface area (Å²) in [5.41, 5.74) is 0. The minimum Gasteiger partial charge on any atom is -0.314 e. The molecule has 0 aliphatic heterocycles. The fraction of sp³-hybridized carbons (Fsp3) is 1.00. The summed E-state index contributed by atoms with van der Waals surface area (Å²) in [5.74, 6) is 1.02. The summed E-state index contributed by atoms with van der Waals surface area (Å²) >= 11 is 0. The highest BCUT2D eigenvalue weighted by Gasteiger charge is 2.18. The van der Waals surface area contributed by atoms with Gasteiger partial charge in [-0.15, -0.1) is 0 Å². The molecule has 0 aromatic carbocycles. The number of nitrogens with one attached hydrogen (secondary N) is 1. The van der Waals surface area contributed by atoms with E-state index in [1.807, 2.05) is 0 Å². The van der Waals surface area contributed by atoms with Crippen molar-refractivity contribution in [1.29, 1.82) is 0 Å². The van der Waals surface area contributed by atoms with E-state index >= 15 is 0 Å². The average Bonchev–Trinajstić information content (AvgIpc) is 2.51. The van der Waals surface area contributed by atoms with Crippen LogP contribution in [0.25, 0.3) is 0 Å². The number of hydrogen-bond acceptors (Lipinski definition) is 1. The van der Waals surface area contributed by atoms with Crippen LogP contribution in [0.2, 0.25) is 0 Å². The Balaban J connectivity index is 2.17. The van der Waals surface area contributed by atoms with Gasteiger partial charge < -0.3 is 5.32 Å². The van der Waals surface area contributed by atoms with Crippen LogP contribution in [0.4, 0.5) is 0 Å². The first-order valence-electron chi connectivity index (χ1n) is 7.60. The van der Waals surface area contributed by atoms with Gasteiger partial charge in [0.05, 0.1) is 0 Å². The lowest BCUT2D eigenvalue weighted by Crippen LogP contribution is -2.29. The second-order valence-corrected chi connectivity index (χ2v) is 5.49. The van der Waals surface area contributed by atoms with Crippen molar-refractivity contribution in [2.45, 2.75) is 84.1 Å². The predicted octanol–water partition coefficient (Wildman–Crippen LogP) is 4.52. The minimum atomic E-state index is 0.823. The molecule has 1 N–H and O–H groups in total. The third-order valence-corrected chi connectivity index (χ3v) is 3.99. The van der Waals surface area contributed by atoms with Gasteiger partial charge in [0.2, 0.25) is 0 Å². The molecule has 2 atom stereocenters. The van der Waals surface area contributed by atoms with Crippen LogP contribution in [-0.2, 0) is 0 Å². The molecular formula is C15H31N. The van der Waals surface area contributed by atoms with Crippen molar-refractivity contribution < 1.29 is 0 Å². The van der Waals surface area contributed by atoms with E-state index < -0.39 is 0 Å². The molecule has 0 bridgehead atoms. The van der Waals surface area contributed by atoms with Gasteiger partial charge in [-0.2, -0.15) is 0 Å². The van der Waals surface area contributed by atoms with Crippen molar-refractivity contribution in [3.05, 3.63) is 0 Å². The Hall–Kier alpha value is -0.0400. The third-order valence-electron chi connectivity index (χ3n) is 3.99. The van der Waals surface area contributed by atoms with E-state index in [0.29, 0.717) is 0 Å². The Labute approximate surface area is 102 Å². The van der Waals surface area contributed by atoms with Crippen LogP contribution in [0.5, 0.6) is 0 Å². The van der Waals surface area contributed by atoms with Crippen molar-refractivity contribution in [1.82, 2.24) is 5.32 Å². The molecule has 1 rings (SSSR count). The highest BCUT2D eigenvalue weighted by molar-refractivity contribution is 4.75. The van der Waals surface area contributed by atoms with Crippen molar-refractivity contribution >= 4 is 0 Å². The maximum absolute atomic E-state index is 3.66. The highest BCUT2D eigenvalue weighted by atomic mass is 14.9. The minimum absolute atomic E-state index is 0.823. The fourth-order valence-corrected chi connectivity index (χ4v) is 3.06. The maximum Gasteiger partial charge on any atom is 0.00695 e. The first kappa shape index (κ1) is 14.0. The van der Waals surface area contributed by atoms with Gasteiger partial charge in [-0.25, -0.2) is 0 Å². The first-order chi connectivity index (χ1) is 7.86. The molecule has 96 valence electrons. The van der Waals surface area contributed by atoms with Crippen molar-refractivity contribution in [2.75, 3.05) is 6.54 Å². The molecule has 1 heteroatoms. The molecule has 0 spiro atoms. The van der Waals surface area contributed by atoms with Crippen LogP contribution in [0.3, 0.4) is 0 Å². The monoisotopic (exact) mass is 225 g/mol. The van der Waals surface area contributed by atoms with E-state index in [4.69, 9.17) is 0 Å². The molecule has 0 aromatic heterocycles. The number of unbranched alkanes of at least 4 members (excludes halogenated alkanes) is 3. The standard InChI is InChI=1S/C15H31N/c1-3-5-6-7-10-14-11-8-9-12-15(13-14)16-4-2/h14-16H,3-13H2,1-2H3. The SMILES string of the molecule is CCCCCCC1CCCCC(NCC)C1. The van der Waals surface area contributed by atoms with Crippen molar-refractivity contribution in [2.24, 2.45) is 5.92 Å². The molecule has 1 aliphatic carbocycles. The Kier molecular flexibility index (Phi) is 7.92. The molecule has 1 saturated carbocycles. The second-order valence-electron chi connectivity index (χ2n) is 5.49. The lowest BCUT2D eigenvalue weighted by atomic mass is 9.92. The van der Waals surface area contributed by atoms with E-state index in [1.54, 1.807) is 0 Å². The van der Waals surface area contributed by atoms with Gasteiger partial charge in [0.15, 0.2) is 0 Å². The molecular weight excluding hydrogens is 194 g/mol. The molecule has 1 fully saturated rings. The largest absolute Gasteiger partial charge is 0.314 e. The van der Waals surface area contributed by atoms with Gasteiger partial charge in [-0.3, -0.25) is 0 Å². The average molecular weight is 225 g/mol. The van der Waals surface area contributed by atoms with Gasteiger partial charge in [0.25, 0.3) is 0 Å². The van der Waals surface area contributed by atoms with Crippen LogP contribution in [0.1, 0.15) is 78.1 Å². The molecule has 2 unspecified atom stereocenters. The molecule has 0 heterocycles. The lowest BCUT2D eigenvalue weighted by Gasteiger charge is -2.20. The van der Waals surface area contributed by atoms with Crippen LogP contribution in [0.15, 0.2) is 0 Å². The normalized spacial score (nSPS) is 26.6. The van der Waals surface area contributed by atoms with Crippen LogP contribution >= 0.6 is 0 Å². The van der Waals surface area contributed by atoms with E-state index in [2.05, 4.69) is 19.2 Å². The third kappa shape index (κ3) is 5.89. The number of hydrogen-bond donors (Lipinski definition) is 1. The molecule has 0 radical (unpaired) electrons. The lowest BCUT2D eigenvalue weighted by molar-refractivity contribution is 0.360. The second kappa shape index (κ2) is 9.04. The van der Waals surface area contributed by atoms with Crippen molar-refractivity contribution in [3.8, 4) is 0 Å². The van der Waals surface area contributed by atoms with Crippen LogP contribution in [0, 0.1) is 5.92 Å².